The molecule has 1 heterocycles. The number of nitrogens with zero attached hydrogens (tertiary/aromatic N) is 2. The van der Waals surface area contributed by atoms with Gasteiger partial charge in [0.2, 0.25) is 5.91 Å². The zero-order chi connectivity index (χ0) is 15.7. The highest BCUT2D eigenvalue weighted by Crippen LogP contribution is 2.48. The summed E-state index contributed by atoms with van der Waals surface area (Å²) < 4.78 is 26.8. The molecule has 1 saturated carbocycles. The Morgan fingerprint density at radius 3 is 2.77 bits per heavy atom. The van der Waals surface area contributed by atoms with Crippen molar-refractivity contribution in [2.45, 2.75) is 12.3 Å². The van der Waals surface area contributed by atoms with Crippen molar-refractivity contribution < 1.29 is 13.6 Å². The predicted octanol–water partition coefficient (Wildman–Crippen LogP) is 2.66. The fraction of sp³-hybridized carbons (Fsp3) is 0.214. The van der Waals surface area contributed by atoms with Crippen molar-refractivity contribution in [1.82, 2.24) is 15.6 Å². The van der Waals surface area contributed by atoms with Gasteiger partial charge in [-0.3, -0.25) is 15.6 Å². The quantitative estimate of drug-likeness (QED) is 0.849. The van der Waals surface area contributed by atoms with E-state index in [2.05, 4.69) is 21.0 Å². The summed E-state index contributed by atoms with van der Waals surface area (Å²) in [5, 5.41) is 7.56. The second-order valence-corrected chi connectivity index (χ2v) is 5.36. The molecule has 0 aliphatic heterocycles. The van der Waals surface area contributed by atoms with Crippen molar-refractivity contribution in [3.8, 4) is 0 Å². The lowest BCUT2D eigenvalue weighted by Crippen LogP contribution is -2.31. The molecule has 0 bridgehead atoms. The Labute approximate surface area is 129 Å². The number of nitrogens with one attached hydrogen (secondary N) is 2. The van der Waals surface area contributed by atoms with Gasteiger partial charge in [-0.15, -0.1) is 10.2 Å². The van der Waals surface area contributed by atoms with Crippen LogP contribution < -0.4 is 10.9 Å². The average molecular weight is 325 g/mol. The van der Waals surface area contributed by atoms with Gasteiger partial charge in [-0.25, -0.2) is 8.78 Å². The van der Waals surface area contributed by atoms with Crippen LogP contribution in [0.5, 0.6) is 0 Å². The lowest BCUT2D eigenvalue weighted by molar-refractivity contribution is -0.121. The Balaban J connectivity index is 1.58. The molecule has 22 heavy (non-hydrogen) atoms. The van der Waals surface area contributed by atoms with Gasteiger partial charge in [0.15, 0.2) is 11.0 Å². The van der Waals surface area contributed by atoms with Crippen LogP contribution in [0.3, 0.4) is 0 Å². The molecule has 8 heteroatoms. The van der Waals surface area contributed by atoms with E-state index in [9.17, 15) is 13.6 Å². The minimum atomic E-state index is -0.517. The molecule has 5 nitrogen and oxygen atoms in total. The molecule has 114 valence electrons. The highest BCUT2D eigenvalue weighted by atomic mass is 35.5. The van der Waals surface area contributed by atoms with Gasteiger partial charge in [0.1, 0.15) is 11.6 Å². The van der Waals surface area contributed by atoms with E-state index in [0.717, 1.165) is 18.2 Å². The van der Waals surface area contributed by atoms with Crippen LogP contribution in [0.4, 0.5) is 14.6 Å². The number of hydrogen-bond donors (Lipinski definition) is 2. The van der Waals surface area contributed by atoms with E-state index in [1.54, 1.807) is 6.07 Å². The zero-order valence-corrected chi connectivity index (χ0v) is 11.9. The molecular formula is C14H11ClF2N4O. The predicted molar refractivity (Wildman–Crippen MR) is 76.0 cm³/mol. The summed E-state index contributed by atoms with van der Waals surface area (Å²) in [5.41, 5.74) is 5.28. The molecular weight excluding hydrogens is 314 g/mol. The van der Waals surface area contributed by atoms with E-state index in [0.29, 0.717) is 12.2 Å². The maximum Gasteiger partial charge on any atom is 0.242 e. The second-order valence-electron chi connectivity index (χ2n) is 4.97. The van der Waals surface area contributed by atoms with Gasteiger partial charge < -0.3 is 0 Å². The third-order valence-electron chi connectivity index (χ3n) is 3.43. The van der Waals surface area contributed by atoms with E-state index in [4.69, 9.17) is 11.6 Å². The molecule has 3 rings (SSSR count). The number of carbonyl (C=O) groups excluding carboxylic acids is 1. The number of rotatable bonds is 4. The molecule has 1 aromatic heterocycles. The Morgan fingerprint density at radius 2 is 2.05 bits per heavy atom. The van der Waals surface area contributed by atoms with Gasteiger partial charge in [0.25, 0.3) is 0 Å². The number of hydrogen-bond acceptors (Lipinski definition) is 4. The Hall–Kier alpha value is -2.28. The van der Waals surface area contributed by atoms with Gasteiger partial charge >= 0.3 is 0 Å². The first-order valence-electron chi connectivity index (χ1n) is 6.54. The van der Waals surface area contributed by atoms with E-state index in [1.165, 1.54) is 6.07 Å². The molecule has 2 N–H and O–H groups in total. The van der Waals surface area contributed by atoms with Gasteiger partial charge in [0, 0.05) is 5.92 Å². The van der Waals surface area contributed by atoms with E-state index in [1.807, 2.05) is 0 Å². The van der Waals surface area contributed by atoms with Crippen molar-refractivity contribution in [3.63, 3.8) is 0 Å². The molecule has 1 amide bonds. The van der Waals surface area contributed by atoms with Crippen molar-refractivity contribution in [2.75, 3.05) is 5.43 Å². The Morgan fingerprint density at radius 1 is 1.23 bits per heavy atom. The zero-order valence-electron chi connectivity index (χ0n) is 11.2. The summed E-state index contributed by atoms with van der Waals surface area (Å²) in [5.74, 6) is -1.72. The lowest BCUT2D eigenvalue weighted by atomic mass is 10.1. The number of hydrazine groups is 1. The van der Waals surface area contributed by atoms with Crippen LogP contribution in [0.25, 0.3) is 0 Å². The SMILES string of the molecule is O=C(NNc1ccc(Cl)nn1)[C@@H]1C[C@@H]1c1cc(F)ccc1F. The highest BCUT2D eigenvalue weighted by molar-refractivity contribution is 6.29. The minimum absolute atomic E-state index is 0.228. The van der Waals surface area contributed by atoms with Crippen molar-refractivity contribution in [1.29, 1.82) is 0 Å². The standard InChI is InChI=1S/C14H11ClF2N4O/c15-12-3-4-13(19-18-12)20-21-14(22)10-6-8(10)9-5-7(16)1-2-11(9)17/h1-5,8,10H,6H2,(H,19,20)(H,21,22)/t8-,10-/m1/s1. The molecule has 0 unspecified atom stereocenters. The summed E-state index contributed by atoms with van der Waals surface area (Å²) in [6.07, 6.45) is 0.472. The average Bonchev–Trinajstić information content (AvgIpc) is 3.29. The van der Waals surface area contributed by atoms with Crippen LogP contribution in [-0.2, 0) is 4.79 Å². The highest BCUT2D eigenvalue weighted by Gasteiger charge is 2.45. The molecule has 1 fully saturated rings. The van der Waals surface area contributed by atoms with Crippen LogP contribution in [0.15, 0.2) is 30.3 Å². The fourth-order valence-electron chi connectivity index (χ4n) is 2.23. The summed E-state index contributed by atoms with van der Waals surface area (Å²) in [4.78, 5) is 12.0. The third-order valence-corrected chi connectivity index (χ3v) is 3.63. The number of anilines is 1. The number of amides is 1. The normalized spacial score (nSPS) is 19.6. The fourth-order valence-corrected chi connectivity index (χ4v) is 2.33. The molecule has 1 aliphatic carbocycles. The Bertz CT molecular complexity index is 710. The van der Waals surface area contributed by atoms with E-state index >= 15 is 0 Å². The monoisotopic (exact) mass is 324 g/mol. The topological polar surface area (TPSA) is 66.9 Å². The van der Waals surface area contributed by atoms with Gasteiger partial charge in [-0.05, 0) is 48.2 Å². The smallest absolute Gasteiger partial charge is 0.242 e. The lowest BCUT2D eigenvalue weighted by Gasteiger charge is -2.07. The van der Waals surface area contributed by atoms with Gasteiger partial charge in [0.05, 0.1) is 0 Å². The van der Waals surface area contributed by atoms with Crippen LogP contribution in [-0.4, -0.2) is 16.1 Å². The van der Waals surface area contributed by atoms with Crippen LogP contribution in [0, 0.1) is 17.6 Å². The largest absolute Gasteiger partial charge is 0.280 e. The van der Waals surface area contributed by atoms with Crippen molar-refractivity contribution >= 4 is 23.3 Å². The first-order valence-corrected chi connectivity index (χ1v) is 6.92. The number of carbonyl (C=O) groups is 1. The van der Waals surface area contributed by atoms with E-state index < -0.39 is 17.6 Å². The molecule has 2 atom stereocenters. The summed E-state index contributed by atoms with van der Waals surface area (Å²) in [6, 6.07) is 6.32. The second kappa shape index (κ2) is 5.84. The minimum Gasteiger partial charge on any atom is -0.280 e. The van der Waals surface area contributed by atoms with Gasteiger partial charge in [-0.1, -0.05) is 11.6 Å². The maximum absolute atomic E-state index is 13.6. The first-order chi connectivity index (χ1) is 10.5. The molecule has 1 aliphatic rings. The van der Waals surface area contributed by atoms with Crippen LogP contribution in [0.1, 0.15) is 17.9 Å². The molecule has 0 spiro atoms. The summed E-state index contributed by atoms with van der Waals surface area (Å²) in [6.45, 7) is 0. The third kappa shape index (κ3) is 3.14. The molecule has 0 radical (unpaired) electrons. The molecule has 0 saturated heterocycles. The van der Waals surface area contributed by atoms with Crippen molar-refractivity contribution in [3.05, 3.63) is 52.7 Å². The Kier molecular flexibility index (Phi) is 3.89. The van der Waals surface area contributed by atoms with Crippen LogP contribution in [0.2, 0.25) is 5.15 Å². The maximum atomic E-state index is 13.6. The summed E-state index contributed by atoms with van der Waals surface area (Å²) in [7, 11) is 0. The number of halogens is 3. The summed E-state index contributed by atoms with van der Waals surface area (Å²) >= 11 is 5.59. The van der Waals surface area contributed by atoms with Crippen molar-refractivity contribution in [2.24, 2.45) is 5.92 Å². The first kappa shape index (κ1) is 14.6. The number of aromatic nitrogens is 2. The molecule has 2 aromatic rings. The molecule has 1 aromatic carbocycles. The van der Waals surface area contributed by atoms with E-state index in [-0.39, 0.29) is 22.5 Å². The van der Waals surface area contributed by atoms with Gasteiger partial charge in [-0.2, -0.15) is 0 Å². The van der Waals surface area contributed by atoms with Crippen LogP contribution >= 0.6 is 11.6 Å². The number of benzene rings is 1.